The third kappa shape index (κ3) is 4.90. The van der Waals surface area contributed by atoms with Gasteiger partial charge in [0.2, 0.25) is 0 Å². The maximum Gasteiger partial charge on any atom is 0.118 e. The first-order valence-corrected chi connectivity index (χ1v) is 5.82. The Hall–Kier alpha value is -1.50. The van der Waals surface area contributed by atoms with Crippen molar-refractivity contribution in [1.29, 1.82) is 0 Å². The number of nitrogens with one attached hydrogen (secondary N) is 1. The van der Waals surface area contributed by atoms with E-state index >= 15 is 0 Å². The fraction of sp³-hybridized carbons (Fsp3) is 0.429. The summed E-state index contributed by atoms with van der Waals surface area (Å²) in [4.78, 5) is 0. The molecule has 3 N–H and O–H groups in total. The molecule has 1 rings (SSSR count). The highest BCUT2D eigenvalue weighted by atomic mass is 16.5. The molecule has 0 aromatic heterocycles. The summed E-state index contributed by atoms with van der Waals surface area (Å²) in [7, 11) is 1.67. The van der Waals surface area contributed by atoms with Gasteiger partial charge in [-0.1, -0.05) is 12.1 Å². The van der Waals surface area contributed by atoms with Crippen molar-refractivity contribution in [3.05, 3.63) is 29.8 Å². The summed E-state index contributed by atoms with van der Waals surface area (Å²) >= 11 is 0. The summed E-state index contributed by atoms with van der Waals surface area (Å²) in [6.45, 7) is 0. The zero-order chi connectivity index (χ0) is 12.5. The monoisotopic (exact) mass is 232 g/mol. The molecule has 0 heterocycles. The second kappa shape index (κ2) is 7.72. The number of nitrogens with two attached hydrogens (primary N) is 1. The van der Waals surface area contributed by atoms with Gasteiger partial charge in [0.15, 0.2) is 0 Å². The molecular formula is C14H20N2O. The number of ether oxygens (including phenoxy) is 1. The van der Waals surface area contributed by atoms with Crippen molar-refractivity contribution in [1.82, 2.24) is 5.43 Å². The van der Waals surface area contributed by atoms with Gasteiger partial charge in [0.25, 0.3) is 0 Å². The number of hydrogen-bond donors (Lipinski definition) is 2. The zero-order valence-corrected chi connectivity index (χ0v) is 10.3. The van der Waals surface area contributed by atoms with Crippen molar-refractivity contribution in [3.63, 3.8) is 0 Å². The SMILES string of the molecule is C#CCCCC(Cc1ccc(OC)cc1)NN. The third-order valence-corrected chi connectivity index (χ3v) is 2.75. The molecular weight excluding hydrogens is 212 g/mol. The fourth-order valence-electron chi connectivity index (χ4n) is 1.74. The van der Waals surface area contributed by atoms with Crippen LogP contribution in [0.4, 0.5) is 0 Å². The Labute approximate surface area is 103 Å². The molecule has 3 heteroatoms. The highest BCUT2D eigenvalue weighted by molar-refractivity contribution is 5.27. The molecule has 1 atom stereocenters. The van der Waals surface area contributed by atoms with Crippen LogP contribution in [0.25, 0.3) is 0 Å². The van der Waals surface area contributed by atoms with Crippen LogP contribution in [0.3, 0.4) is 0 Å². The van der Waals surface area contributed by atoms with E-state index in [4.69, 9.17) is 17.0 Å². The Morgan fingerprint density at radius 1 is 1.41 bits per heavy atom. The smallest absolute Gasteiger partial charge is 0.118 e. The number of unbranched alkanes of at least 4 members (excludes halogenated alkanes) is 1. The van der Waals surface area contributed by atoms with Gasteiger partial charge in [-0.15, -0.1) is 12.3 Å². The summed E-state index contributed by atoms with van der Waals surface area (Å²) < 4.78 is 5.12. The lowest BCUT2D eigenvalue weighted by atomic mass is 10.0. The van der Waals surface area contributed by atoms with Crippen LogP contribution in [0.2, 0.25) is 0 Å². The first-order valence-electron chi connectivity index (χ1n) is 5.82. The van der Waals surface area contributed by atoms with Crippen LogP contribution in [0.15, 0.2) is 24.3 Å². The first-order chi connectivity index (χ1) is 8.30. The summed E-state index contributed by atoms with van der Waals surface area (Å²) in [5.74, 6) is 9.05. The molecule has 0 aliphatic heterocycles. The molecule has 0 saturated heterocycles. The minimum absolute atomic E-state index is 0.275. The zero-order valence-electron chi connectivity index (χ0n) is 10.3. The fourth-order valence-corrected chi connectivity index (χ4v) is 1.74. The molecule has 3 nitrogen and oxygen atoms in total. The van der Waals surface area contributed by atoms with E-state index in [9.17, 15) is 0 Å². The van der Waals surface area contributed by atoms with Gasteiger partial charge in [0.1, 0.15) is 5.75 Å². The molecule has 0 fully saturated rings. The van der Waals surface area contributed by atoms with E-state index in [-0.39, 0.29) is 6.04 Å². The minimum Gasteiger partial charge on any atom is -0.497 e. The standard InChI is InChI=1S/C14H20N2O/c1-3-4-5-6-13(16-15)11-12-7-9-14(17-2)10-8-12/h1,7-10,13,16H,4-6,11,15H2,2H3. The molecule has 0 aliphatic carbocycles. The van der Waals surface area contributed by atoms with Gasteiger partial charge in [0.05, 0.1) is 7.11 Å². The van der Waals surface area contributed by atoms with Gasteiger partial charge in [-0.2, -0.15) is 0 Å². The number of rotatable bonds is 7. The second-order valence-corrected chi connectivity index (χ2v) is 4.01. The van der Waals surface area contributed by atoms with Crippen molar-refractivity contribution in [2.75, 3.05) is 7.11 Å². The lowest BCUT2D eigenvalue weighted by molar-refractivity contribution is 0.414. The Kier molecular flexibility index (Phi) is 6.16. The highest BCUT2D eigenvalue weighted by Crippen LogP contribution is 2.14. The molecule has 0 radical (unpaired) electrons. The van der Waals surface area contributed by atoms with Crippen molar-refractivity contribution in [2.24, 2.45) is 5.84 Å². The predicted molar refractivity (Wildman–Crippen MR) is 70.5 cm³/mol. The van der Waals surface area contributed by atoms with Gasteiger partial charge in [-0.05, 0) is 37.0 Å². The van der Waals surface area contributed by atoms with Crippen LogP contribution in [-0.4, -0.2) is 13.2 Å². The largest absolute Gasteiger partial charge is 0.497 e. The first kappa shape index (κ1) is 13.6. The molecule has 1 aromatic carbocycles. The van der Waals surface area contributed by atoms with E-state index in [1.165, 1.54) is 5.56 Å². The molecule has 0 spiro atoms. The summed E-state index contributed by atoms with van der Waals surface area (Å²) in [6, 6.07) is 8.32. The van der Waals surface area contributed by atoms with Gasteiger partial charge >= 0.3 is 0 Å². The summed E-state index contributed by atoms with van der Waals surface area (Å²) in [6.07, 6.45) is 8.93. The maximum absolute atomic E-state index is 5.53. The van der Waals surface area contributed by atoms with Crippen molar-refractivity contribution in [2.45, 2.75) is 31.7 Å². The molecule has 1 aromatic rings. The second-order valence-electron chi connectivity index (χ2n) is 4.01. The third-order valence-electron chi connectivity index (χ3n) is 2.75. The van der Waals surface area contributed by atoms with Crippen LogP contribution < -0.4 is 16.0 Å². The molecule has 0 bridgehead atoms. The number of methoxy groups -OCH3 is 1. The van der Waals surface area contributed by atoms with Crippen molar-refractivity contribution in [3.8, 4) is 18.1 Å². The van der Waals surface area contributed by atoms with Gasteiger partial charge < -0.3 is 4.74 Å². The van der Waals surface area contributed by atoms with Crippen molar-refractivity contribution >= 4 is 0 Å². The Balaban J connectivity index is 2.46. The Morgan fingerprint density at radius 3 is 2.65 bits per heavy atom. The quantitative estimate of drug-likeness (QED) is 0.326. The lowest BCUT2D eigenvalue weighted by Gasteiger charge is -2.15. The number of hydrogen-bond acceptors (Lipinski definition) is 3. The average Bonchev–Trinajstić information content (AvgIpc) is 2.38. The van der Waals surface area contributed by atoms with E-state index in [0.717, 1.165) is 31.4 Å². The topological polar surface area (TPSA) is 47.3 Å². The molecule has 0 aliphatic rings. The van der Waals surface area contributed by atoms with Crippen molar-refractivity contribution < 1.29 is 4.74 Å². The van der Waals surface area contributed by atoms with E-state index in [2.05, 4.69) is 23.5 Å². The van der Waals surface area contributed by atoms with Crippen LogP contribution in [0.5, 0.6) is 5.75 Å². The molecule has 0 saturated carbocycles. The van der Waals surface area contributed by atoms with Gasteiger partial charge in [-0.25, -0.2) is 0 Å². The highest BCUT2D eigenvalue weighted by Gasteiger charge is 2.07. The van der Waals surface area contributed by atoms with Crippen LogP contribution >= 0.6 is 0 Å². The number of hydrazine groups is 1. The Morgan fingerprint density at radius 2 is 2.12 bits per heavy atom. The molecule has 1 unspecified atom stereocenters. The van der Waals surface area contributed by atoms with E-state index in [1.54, 1.807) is 7.11 Å². The van der Waals surface area contributed by atoms with E-state index in [0.29, 0.717) is 0 Å². The maximum atomic E-state index is 5.53. The number of benzene rings is 1. The normalized spacial score (nSPS) is 11.8. The Bertz CT molecular complexity index is 353. The van der Waals surface area contributed by atoms with Gasteiger partial charge in [0, 0.05) is 12.5 Å². The van der Waals surface area contributed by atoms with Crippen LogP contribution in [-0.2, 0) is 6.42 Å². The van der Waals surface area contributed by atoms with E-state index in [1.807, 2.05) is 12.1 Å². The molecule has 92 valence electrons. The summed E-state index contributed by atoms with van der Waals surface area (Å²) in [5, 5.41) is 0. The predicted octanol–water partition coefficient (Wildman–Crippen LogP) is 1.87. The number of terminal acetylenes is 1. The van der Waals surface area contributed by atoms with Gasteiger partial charge in [-0.3, -0.25) is 11.3 Å². The van der Waals surface area contributed by atoms with Crippen LogP contribution in [0, 0.1) is 12.3 Å². The van der Waals surface area contributed by atoms with Crippen LogP contribution in [0.1, 0.15) is 24.8 Å². The van der Waals surface area contributed by atoms with E-state index < -0.39 is 0 Å². The molecule has 0 amide bonds. The minimum atomic E-state index is 0.275. The summed E-state index contributed by atoms with van der Waals surface area (Å²) in [5.41, 5.74) is 4.08. The molecule has 17 heavy (non-hydrogen) atoms. The lowest BCUT2D eigenvalue weighted by Crippen LogP contribution is -2.36. The average molecular weight is 232 g/mol.